The van der Waals surface area contributed by atoms with Crippen LogP contribution in [-0.4, -0.2) is 50.5 Å². The van der Waals surface area contributed by atoms with E-state index in [1.54, 1.807) is 49.8 Å². The summed E-state index contributed by atoms with van der Waals surface area (Å²) in [7, 11) is 5.51. The lowest BCUT2D eigenvalue weighted by molar-refractivity contribution is -0.114. The fourth-order valence-electron chi connectivity index (χ4n) is 6.01. The van der Waals surface area contributed by atoms with Gasteiger partial charge in [0.15, 0.2) is 5.78 Å². The Morgan fingerprint density at radius 2 is 1.81 bits per heavy atom. The van der Waals surface area contributed by atoms with Gasteiger partial charge in [-0.2, -0.15) is 0 Å². The molecular weight excluding hydrogens is 595 g/mol. The van der Waals surface area contributed by atoms with Gasteiger partial charge in [0.25, 0.3) is 11.1 Å². The minimum absolute atomic E-state index is 0.00206. The minimum Gasteiger partial charge on any atom is -0.392 e. The number of rotatable bonds is 11. The fourth-order valence-corrected chi connectivity index (χ4v) is 6.01. The molecular formula is C38H37FN4O4. The molecule has 5 aromatic rings. The second kappa shape index (κ2) is 13.4. The summed E-state index contributed by atoms with van der Waals surface area (Å²) in [6, 6.07) is 17.8. The summed E-state index contributed by atoms with van der Waals surface area (Å²) in [5, 5.41) is 11.1. The molecule has 1 aliphatic rings. The van der Waals surface area contributed by atoms with Crippen LogP contribution < -0.4 is 11.1 Å². The normalized spacial score (nSPS) is 13.2. The minimum atomic E-state index is -0.552. The monoisotopic (exact) mass is 632 g/mol. The van der Waals surface area contributed by atoms with Crippen LogP contribution in [-0.2, 0) is 31.3 Å². The van der Waals surface area contributed by atoms with Crippen LogP contribution in [0.2, 0.25) is 0 Å². The number of aliphatic hydroxyl groups is 1. The summed E-state index contributed by atoms with van der Waals surface area (Å²) in [5.41, 5.74) is 3.90. The number of nitrogens with zero attached hydrogens (tertiary/aromatic N) is 4. The van der Waals surface area contributed by atoms with Crippen LogP contribution in [0, 0.1) is 5.82 Å². The number of allylic oxidation sites excluding steroid dienone is 1. The zero-order valence-electron chi connectivity index (χ0n) is 26.7. The molecule has 0 atom stereocenters. The number of carbonyl (C=O) groups excluding carboxylic acids is 1. The fraction of sp³-hybridized carbons (Fsp3) is 0.263. The first-order chi connectivity index (χ1) is 22.6. The number of benzene rings is 3. The van der Waals surface area contributed by atoms with E-state index in [9.17, 15) is 19.5 Å². The summed E-state index contributed by atoms with van der Waals surface area (Å²) >= 11 is 0. The van der Waals surface area contributed by atoms with Gasteiger partial charge in [-0.3, -0.25) is 19.0 Å². The molecule has 1 aliphatic carbocycles. The van der Waals surface area contributed by atoms with Gasteiger partial charge in [0.05, 0.1) is 23.4 Å². The smallest absolute Gasteiger partial charge is 0.272 e. The van der Waals surface area contributed by atoms with E-state index in [1.165, 1.54) is 15.2 Å². The van der Waals surface area contributed by atoms with E-state index in [0.29, 0.717) is 46.1 Å². The lowest BCUT2D eigenvalue weighted by Gasteiger charge is -2.16. The highest BCUT2D eigenvalue weighted by molar-refractivity contribution is 5.91. The molecule has 0 unspecified atom stereocenters. The highest BCUT2D eigenvalue weighted by Gasteiger charge is 2.25. The average Bonchev–Trinajstić information content (AvgIpc) is 3.89. The predicted molar refractivity (Wildman–Crippen MR) is 182 cm³/mol. The van der Waals surface area contributed by atoms with E-state index in [0.717, 1.165) is 29.5 Å². The van der Waals surface area contributed by atoms with Crippen molar-refractivity contribution in [1.82, 2.24) is 19.0 Å². The molecule has 9 heteroatoms. The molecule has 1 saturated carbocycles. The SMILES string of the molecule is CN(C)C/C=C/C(=O)Cc1cccc(Cc2nc(-c3cccc(-n4ccc5cc(C6CC6)cc(F)c5c4=O)c3CO)cn(C)c2=O)c1. The van der Waals surface area contributed by atoms with Crippen LogP contribution in [0.5, 0.6) is 0 Å². The van der Waals surface area contributed by atoms with E-state index in [2.05, 4.69) is 0 Å². The molecule has 0 bridgehead atoms. The van der Waals surface area contributed by atoms with Gasteiger partial charge >= 0.3 is 0 Å². The number of aliphatic hydroxyl groups excluding tert-OH is 1. The first-order valence-electron chi connectivity index (χ1n) is 15.7. The standard InChI is InChI=1S/C38H37FN4O4/c1-41(2)15-6-9-29(45)18-24-7-4-8-25(17-24)19-33-37(46)42(3)22-34(40-33)30-10-5-11-35(31(30)23-44)43-16-14-27-20-28(26-12-13-26)21-32(39)36(27)38(43)47/h4-11,14,16-17,20-22,26,44H,12-13,15,18-19,23H2,1-3H3/b9-6+. The third-order valence-electron chi connectivity index (χ3n) is 8.53. The predicted octanol–water partition coefficient (Wildman–Crippen LogP) is 5.08. The maximum Gasteiger partial charge on any atom is 0.272 e. The molecule has 3 aromatic carbocycles. The van der Waals surface area contributed by atoms with Crippen molar-refractivity contribution in [3.8, 4) is 16.9 Å². The highest BCUT2D eigenvalue weighted by Crippen LogP contribution is 2.41. The van der Waals surface area contributed by atoms with Crippen LogP contribution in [0.25, 0.3) is 27.7 Å². The van der Waals surface area contributed by atoms with Crippen LogP contribution in [0.1, 0.15) is 46.7 Å². The molecule has 8 nitrogen and oxygen atoms in total. The second-order valence-corrected chi connectivity index (χ2v) is 12.5. The Balaban J connectivity index is 1.34. The molecule has 0 amide bonds. The number of pyridine rings is 1. The third kappa shape index (κ3) is 6.91. The van der Waals surface area contributed by atoms with Crippen molar-refractivity contribution in [2.24, 2.45) is 7.05 Å². The lowest BCUT2D eigenvalue weighted by Crippen LogP contribution is -2.24. The van der Waals surface area contributed by atoms with Gasteiger partial charge in [-0.15, -0.1) is 0 Å². The molecule has 0 spiro atoms. The summed E-state index contributed by atoms with van der Waals surface area (Å²) in [4.78, 5) is 46.0. The number of aromatic nitrogens is 3. The van der Waals surface area contributed by atoms with Crippen molar-refractivity contribution in [1.29, 1.82) is 0 Å². The van der Waals surface area contributed by atoms with Crippen molar-refractivity contribution in [2.45, 2.75) is 38.2 Å². The van der Waals surface area contributed by atoms with Crippen molar-refractivity contribution in [3.05, 3.63) is 140 Å². The summed E-state index contributed by atoms with van der Waals surface area (Å²) in [6.45, 7) is 0.259. The number of aryl methyl sites for hydroxylation is 1. The van der Waals surface area contributed by atoms with E-state index in [-0.39, 0.29) is 29.6 Å². The molecule has 2 heterocycles. The summed E-state index contributed by atoms with van der Waals surface area (Å²) in [6.07, 6.45) is 9.16. The Kier molecular flexibility index (Phi) is 9.11. The van der Waals surface area contributed by atoms with Crippen LogP contribution >= 0.6 is 0 Å². The Hall–Kier alpha value is -4.99. The van der Waals surface area contributed by atoms with Crippen molar-refractivity contribution in [3.63, 3.8) is 0 Å². The maximum atomic E-state index is 15.3. The average molecular weight is 633 g/mol. The zero-order chi connectivity index (χ0) is 33.2. The number of likely N-dealkylation sites (N-methyl/N-ethyl adjacent to an activating group) is 1. The number of halogens is 1. The second-order valence-electron chi connectivity index (χ2n) is 12.5. The number of fused-ring (bicyclic) bond motifs is 1. The highest BCUT2D eigenvalue weighted by atomic mass is 19.1. The van der Waals surface area contributed by atoms with E-state index >= 15 is 4.39 Å². The molecule has 2 aromatic heterocycles. The van der Waals surface area contributed by atoms with Crippen molar-refractivity contribution < 1.29 is 14.3 Å². The topological polar surface area (TPSA) is 97.4 Å². The van der Waals surface area contributed by atoms with Gasteiger partial charge in [0, 0.05) is 50.0 Å². The first kappa shape index (κ1) is 32.0. The maximum absolute atomic E-state index is 15.3. The van der Waals surface area contributed by atoms with Gasteiger partial charge < -0.3 is 14.6 Å². The Morgan fingerprint density at radius 1 is 1.04 bits per heavy atom. The molecule has 240 valence electrons. The molecule has 1 N–H and O–H groups in total. The van der Waals surface area contributed by atoms with Crippen LogP contribution in [0.15, 0.2) is 94.8 Å². The molecule has 0 radical (unpaired) electrons. The zero-order valence-corrected chi connectivity index (χ0v) is 26.7. The quantitative estimate of drug-likeness (QED) is 0.204. The van der Waals surface area contributed by atoms with Gasteiger partial charge in [-0.1, -0.05) is 48.5 Å². The van der Waals surface area contributed by atoms with E-state index < -0.39 is 18.0 Å². The molecule has 6 rings (SSSR count). The van der Waals surface area contributed by atoms with Crippen LogP contribution in [0.3, 0.4) is 0 Å². The Morgan fingerprint density at radius 3 is 2.55 bits per heavy atom. The molecule has 1 fully saturated rings. The van der Waals surface area contributed by atoms with Gasteiger partial charge in [-0.25, -0.2) is 9.37 Å². The summed E-state index contributed by atoms with van der Waals surface area (Å²) < 4.78 is 18.1. The Labute approximate surface area is 272 Å². The van der Waals surface area contributed by atoms with Crippen molar-refractivity contribution >= 4 is 16.6 Å². The van der Waals surface area contributed by atoms with E-state index in [1.807, 2.05) is 55.4 Å². The molecule has 47 heavy (non-hydrogen) atoms. The summed E-state index contributed by atoms with van der Waals surface area (Å²) in [5.74, 6) is -0.210. The molecule has 0 saturated heterocycles. The number of carbonyl (C=O) groups is 1. The number of hydrogen-bond acceptors (Lipinski definition) is 6. The van der Waals surface area contributed by atoms with Gasteiger partial charge in [-0.05, 0) is 79.2 Å². The van der Waals surface area contributed by atoms with E-state index in [4.69, 9.17) is 4.98 Å². The third-order valence-corrected chi connectivity index (χ3v) is 8.53. The van der Waals surface area contributed by atoms with Crippen molar-refractivity contribution in [2.75, 3.05) is 20.6 Å². The van der Waals surface area contributed by atoms with Crippen LogP contribution in [0.4, 0.5) is 4.39 Å². The lowest BCUT2D eigenvalue weighted by atomic mass is 10.0. The number of hydrogen-bond donors (Lipinski definition) is 1. The first-order valence-corrected chi connectivity index (χ1v) is 15.7. The van der Waals surface area contributed by atoms with Gasteiger partial charge in [0.1, 0.15) is 11.5 Å². The number of ketones is 1. The van der Waals surface area contributed by atoms with Gasteiger partial charge in [0.2, 0.25) is 0 Å². The molecule has 0 aliphatic heterocycles. The Bertz CT molecular complexity index is 2140. The largest absolute Gasteiger partial charge is 0.392 e.